The maximum absolute atomic E-state index is 5.05. The number of hydrogen-bond donors (Lipinski definition) is 1. The Hall–Kier alpha value is -1.21. The van der Waals surface area contributed by atoms with E-state index in [0.29, 0.717) is 5.92 Å². The van der Waals surface area contributed by atoms with Crippen LogP contribution in [0.5, 0.6) is 0 Å². The van der Waals surface area contributed by atoms with E-state index in [1.165, 1.54) is 73.8 Å². The van der Waals surface area contributed by atoms with Gasteiger partial charge in [-0.15, -0.1) is 12.6 Å². The molecule has 0 amide bonds. The first-order chi connectivity index (χ1) is 11.8. The Balaban J connectivity index is 1.98. The van der Waals surface area contributed by atoms with Crippen molar-refractivity contribution in [1.82, 2.24) is 0 Å². The molecule has 0 heterocycles. The summed E-state index contributed by atoms with van der Waals surface area (Å²) in [7, 11) is 0. The van der Waals surface area contributed by atoms with E-state index in [2.05, 4.69) is 49.4 Å². The Morgan fingerprint density at radius 3 is 2.38 bits per heavy atom. The van der Waals surface area contributed by atoms with E-state index in [0.717, 1.165) is 0 Å². The van der Waals surface area contributed by atoms with Crippen molar-refractivity contribution in [3.05, 3.63) is 53.6 Å². The van der Waals surface area contributed by atoms with E-state index in [9.17, 15) is 0 Å². The average Bonchev–Trinajstić information content (AvgIpc) is 2.63. The molecule has 0 saturated heterocycles. The molecule has 0 spiro atoms. The number of benzene rings is 2. The number of hydrogen-bond acceptors (Lipinski definition) is 1. The van der Waals surface area contributed by atoms with Crippen molar-refractivity contribution < 1.29 is 0 Å². The average molecular weight is 339 g/mol. The summed E-state index contributed by atoms with van der Waals surface area (Å²) >= 11 is 5.05. The molecule has 0 aliphatic heterocycles. The van der Waals surface area contributed by atoms with Crippen molar-refractivity contribution in [3.63, 3.8) is 0 Å². The van der Waals surface area contributed by atoms with Crippen molar-refractivity contribution in [3.8, 4) is 11.1 Å². The lowest BCUT2D eigenvalue weighted by Gasteiger charge is -2.27. The highest BCUT2D eigenvalue weighted by Gasteiger charge is 2.22. The highest BCUT2D eigenvalue weighted by molar-refractivity contribution is 7.80. The molecule has 2 aromatic carbocycles. The van der Waals surface area contributed by atoms with Crippen LogP contribution in [-0.2, 0) is 6.42 Å². The number of thiol groups is 1. The monoisotopic (exact) mass is 338 g/mol. The molecule has 3 rings (SSSR count). The molecule has 1 aliphatic rings. The Bertz CT molecular complexity index is 639. The highest BCUT2D eigenvalue weighted by atomic mass is 32.1. The maximum Gasteiger partial charge on any atom is 0.0156 e. The SMILES string of the molecule is CCCCCc1ccc(-c2ccccc2)c(S)c1C1CCCCC1. The molecule has 1 aliphatic carbocycles. The fourth-order valence-corrected chi connectivity index (χ4v) is 4.66. The fourth-order valence-electron chi connectivity index (χ4n) is 4.13. The zero-order valence-corrected chi connectivity index (χ0v) is 15.8. The van der Waals surface area contributed by atoms with Gasteiger partial charge < -0.3 is 0 Å². The van der Waals surface area contributed by atoms with E-state index in [1.54, 1.807) is 11.1 Å². The van der Waals surface area contributed by atoms with Gasteiger partial charge in [-0.25, -0.2) is 0 Å². The van der Waals surface area contributed by atoms with Crippen LogP contribution in [0.25, 0.3) is 11.1 Å². The lowest BCUT2D eigenvalue weighted by Crippen LogP contribution is -2.09. The quantitative estimate of drug-likeness (QED) is 0.411. The van der Waals surface area contributed by atoms with Crippen LogP contribution in [0.1, 0.15) is 75.3 Å². The summed E-state index contributed by atoms with van der Waals surface area (Å²) in [4.78, 5) is 1.24. The lowest BCUT2D eigenvalue weighted by molar-refractivity contribution is 0.437. The molecule has 1 saturated carbocycles. The van der Waals surface area contributed by atoms with Gasteiger partial charge in [-0.2, -0.15) is 0 Å². The summed E-state index contributed by atoms with van der Waals surface area (Å²) in [6.45, 7) is 2.28. The first kappa shape index (κ1) is 17.6. The molecule has 1 fully saturated rings. The van der Waals surface area contributed by atoms with E-state index < -0.39 is 0 Å². The van der Waals surface area contributed by atoms with Crippen LogP contribution in [0, 0.1) is 0 Å². The van der Waals surface area contributed by atoms with Crippen LogP contribution >= 0.6 is 12.6 Å². The van der Waals surface area contributed by atoms with Crippen LogP contribution in [0.4, 0.5) is 0 Å². The van der Waals surface area contributed by atoms with Crippen LogP contribution in [0.15, 0.2) is 47.4 Å². The third-order valence-electron chi connectivity index (χ3n) is 5.46. The van der Waals surface area contributed by atoms with Gasteiger partial charge in [0.15, 0.2) is 0 Å². The minimum atomic E-state index is 0.714. The summed E-state index contributed by atoms with van der Waals surface area (Å²) in [6.07, 6.45) is 12.0. The molecule has 0 unspecified atom stereocenters. The minimum absolute atomic E-state index is 0.714. The second-order valence-electron chi connectivity index (χ2n) is 7.19. The van der Waals surface area contributed by atoms with Gasteiger partial charge in [0.25, 0.3) is 0 Å². The molecule has 0 aromatic heterocycles. The lowest BCUT2D eigenvalue weighted by atomic mass is 9.80. The molecule has 2 aromatic rings. The van der Waals surface area contributed by atoms with Gasteiger partial charge in [-0.05, 0) is 53.9 Å². The van der Waals surface area contributed by atoms with Crippen LogP contribution in [-0.4, -0.2) is 0 Å². The Morgan fingerprint density at radius 1 is 0.917 bits per heavy atom. The normalized spacial score (nSPS) is 15.6. The maximum atomic E-state index is 5.05. The largest absolute Gasteiger partial charge is 0.142 e. The zero-order valence-electron chi connectivity index (χ0n) is 14.9. The Kier molecular flexibility index (Phi) is 6.43. The topological polar surface area (TPSA) is 0 Å². The molecular formula is C23H30S. The molecule has 1 heteroatoms. The standard InChI is InChI=1S/C23H30S/c1-2-3-6-13-20-16-17-21(18-11-7-4-8-12-18)23(24)22(20)19-14-9-5-10-15-19/h4,7-8,11-12,16-17,19,24H,2-3,5-6,9-10,13-15H2,1H3. The minimum Gasteiger partial charge on any atom is -0.142 e. The van der Waals surface area contributed by atoms with Crippen molar-refractivity contribution in [2.75, 3.05) is 0 Å². The van der Waals surface area contributed by atoms with Crippen molar-refractivity contribution in [2.24, 2.45) is 0 Å². The number of aryl methyl sites for hydroxylation is 1. The fraction of sp³-hybridized carbons (Fsp3) is 0.478. The van der Waals surface area contributed by atoms with E-state index in [1.807, 2.05) is 0 Å². The van der Waals surface area contributed by atoms with Gasteiger partial charge in [0.1, 0.15) is 0 Å². The summed E-state index contributed by atoms with van der Waals surface area (Å²) < 4.78 is 0. The predicted octanol–water partition coefficient (Wildman–Crippen LogP) is 7.42. The summed E-state index contributed by atoms with van der Waals surface area (Å²) in [5.41, 5.74) is 5.72. The number of unbranched alkanes of at least 4 members (excludes halogenated alkanes) is 2. The van der Waals surface area contributed by atoms with Gasteiger partial charge in [0.05, 0.1) is 0 Å². The summed E-state index contributed by atoms with van der Waals surface area (Å²) in [5, 5.41) is 0. The van der Waals surface area contributed by atoms with Gasteiger partial charge in [-0.3, -0.25) is 0 Å². The molecule has 0 bridgehead atoms. The van der Waals surface area contributed by atoms with Gasteiger partial charge in [-0.1, -0.05) is 81.5 Å². The van der Waals surface area contributed by atoms with Crippen LogP contribution < -0.4 is 0 Å². The zero-order chi connectivity index (χ0) is 16.8. The van der Waals surface area contributed by atoms with Crippen LogP contribution in [0.2, 0.25) is 0 Å². The molecule has 0 N–H and O–H groups in total. The highest BCUT2D eigenvalue weighted by Crippen LogP contribution is 2.41. The predicted molar refractivity (Wildman–Crippen MR) is 108 cm³/mol. The molecular weight excluding hydrogens is 308 g/mol. The second kappa shape index (κ2) is 8.76. The third-order valence-corrected chi connectivity index (χ3v) is 5.94. The van der Waals surface area contributed by atoms with E-state index in [4.69, 9.17) is 12.6 Å². The smallest absolute Gasteiger partial charge is 0.0156 e. The number of rotatable bonds is 6. The second-order valence-corrected chi connectivity index (χ2v) is 7.64. The summed E-state index contributed by atoms with van der Waals surface area (Å²) in [5.74, 6) is 0.714. The Morgan fingerprint density at radius 2 is 1.67 bits per heavy atom. The van der Waals surface area contributed by atoms with Crippen molar-refractivity contribution in [1.29, 1.82) is 0 Å². The van der Waals surface area contributed by atoms with Gasteiger partial charge >= 0.3 is 0 Å². The summed E-state index contributed by atoms with van der Waals surface area (Å²) in [6, 6.07) is 15.4. The van der Waals surface area contributed by atoms with Crippen molar-refractivity contribution >= 4 is 12.6 Å². The molecule has 128 valence electrons. The van der Waals surface area contributed by atoms with Crippen molar-refractivity contribution in [2.45, 2.75) is 75.5 Å². The molecule has 24 heavy (non-hydrogen) atoms. The molecule has 0 atom stereocenters. The first-order valence-corrected chi connectivity index (χ1v) is 10.2. The van der Waals surface area contributed by atoms with Gasteiger partial charge in [0.2, 0.25) is 0 Å². The Labute approximate surface area is 153 Å². The van der Waals surface area contributed by atoms with Crippen LogP contribution in [0.3, 0.4) is 0 Å². The first-order valence-electron chi connectivity index (χ1n) is 9.71. The van der Waals surface area contributed by atoms with Gasteiger partial charge in [0, 0.05) is 4.90 Å². The third kappa shape index (κ3) is 4.06. The van der Waals surface area contributed by atoms with E-state index >= 15 is 0 Å². The van der Waals surface area contributed by atoms with E-state index in [-0.39, 0.29) is 0 Å². The molecule has 0 radical (unpaired) electrons. The molecule has 0 nitrogen and oxygen atoms in total.